The topological polar surface area (TPSA) is 24.5 Å². The standard InChI is InChI=1S/C18H26N2O.ClH/c1-20(17-11-15-3-4-16(12-17)19-15)8-6-13-2-5-18-14(10-13)7-9-21-18;/h2,5,10,15-17,19H,3-4,6-9,11-12H2,1H3;1H. The molecule has 0 aliphatic carbocycles. The van der Waals surface area contributed by atoms with Gasteiger partial charge in [-0.1, -0.05) is 12.1 Å². The van der Waals surface area contributed by atoms with Gasteiger partial charge in [-0.15, -0.1) is 12.4 Å². The van der Waals surface area contributed by atoms with E-state index >= 15 is 0 Å². The molecule has 1 aromatic carbocycles. The molecule has 22 heavy (non-hydrogen) atoms. The van der Waals surface area contributed by atoms with E-state index in [2.05, 4.69) is 35.5 Å². The van der Waals surface area contributed by atoms with Crippen LogP contribution in [0.3, 0.4) is 0 Å². The second kappa shape index (κ2) is 6.77. The number of likely N-dealkylation sites (N-methyl/N-ethyl adjacent to an activating group) is 1. The highest BCUT2D eigenvalue weighted by Crippen LogP contribution is 2.30. The molecule has 2 saturated heterocycles. The van der Waals surface area contributed by atoms with Gasteiger partial charge in [-0.05, 0) is 56.3 Å². The lowest BCUT2D eigenvalue weighted by molar-refractivity contribution is 0.174. The number of hydrogen-bond acceptors (Lipinski definition) is 3. The van der Waals surface area contributed by atoms with Gasteiger partial charge < -0.3 is 15.0 Å². The van der Waals surface area contributed by atoms with Crippen LogP contribution in [0.2, 0.25) is 0 Å². The van der Waals surface area contributed by atoms with E-state index in [4.69, 9.17) is 4.74 Å². The summed E-state index contributed by atoms with van der Waals surface area (Å²) in [6, 6.07) is 9.10. The van der Waals surface area contributed by atoms with Crippen LogP contribution in [0.15, 0.2) is 18.2 Å². The van der Waals surface area contributed by atoms with E-state index in [1.807, 2.05) is 0 Å². The molecule has 2 atom stereocenters. The average molecular weight is 323 g/mol. The van der Waals surface area contributed by atoms with Crippen molar-refractivity contribution in [2.75, 3.05) is 20.2 Å². The summed E-state index contributed by atoms with van der Waals surface area (Å²) in [6.45, 7) is 2.03. The highest BCUT2D eigenvalue weighted by molar-refractivity contribution is 5.85. The van der Waals surface area contributed by atoms with Gasteiger partial charge in [0.2, 0.25) is 0 Å². The summed E-state index contributed by atoms with van der Waals surface area (Å²) in [5.74, 6) is 1.10. The Bertz CT molecular complexity index is 510. The number of rotatable bonds is 4. The van der Waals surface area contributed by atoms with Crippen molar-refractivity contribution in [2.24, 2.45) is 0 Å². The van der Waals surface area contributed by atoms with Crippen LogP contribution in [0.1, 0.15) is 36.8 Å². The lowest BCUT2D eigenvalue weighted by Crippen LogP contribution is -2.47. The third-order valence-corrected chi connectivity index (χ3v) is 5.58. The fourth-order valence-electron chi connectivity index (χ4n) is 4.27. The first-order valence-electron chi connectivity index (χ1n) is 8.49. The third kappa shape index (κ3) is 3.27. The molecular weight excluding hydrogens is 296 g/mol. The molecule has 3 aliphatic rings. The Morgan fingerprint density at radius 2 is 2.00 bits per heavy atom. The van der Waals surface area contributed by atoms with Crippen LogP contribution in [0.4, 0.5) is 0 Å². The smallest absolute Gasteiger partial charge is 0.122 e. The zero-order chi connectivity index (χ0) is 14.2. The van der Waals surface area contributed by atoms with Gasteiger partial charge in [0.15, 0.2) is 0 Å². The van der Waals surface area contributed by atoms with Crippen molar-refractivity contribution in [3.05, 3.63) is 29.3 Å². The second-order valence-electron chi connectivity index (χ2n) is 7.03. The van der Waals surface area contributed by atoms with Gasteiger partial charge in [-0.3, -0.25) is 0 Å². The molecule has 0 saturated carbocycles. The molecule has 0 spiro atoms. The molecule has 122 valence electrons. The van der Waals surface area contributed by atoms with E-state index < -0.39 is 0 Å². The van der Waals surface area contributed by atoms with Crippen molar-refractivity contribution < 1.29 is 4.74 Å². The molecule has 2 bridgehead atoms. The highest BCUT2D eigenvalue weighted by atomic mass is 35.5. The number of benzene rings is 1. The fraction of sp³-hybridized carbons (Fsp3) is 0.667. The largest absolute Gasteiger partial charge is 0.493 e. The summed E-state index contributed by atoms with van der Waals surface area (Å²) in [7, 11) is 2.31. The van der Waals surface area contributed by atoms with Crippen LogP contribution in [0.5, 0.6) is 5.75 Å². The molecule has 0 amide bonds. The van der Waals surface area contributed by atoms with E-state index in [9.17, 15) is 0 Å². The molecule has 3 aliphatic heterocycles. The molecule has 3 nitrogen and oxygen atoms in total. The predicted octanol–water partition coefficient (Wildman–Crippen LogP) is 2.80. The lowest BCUT2D eigenvalue weighted by Gasteiger charge is -2.35. The molecule has 2 unspecified atom stereocenters. The quantitative estimate of drug-likeness (QED) is 0.922. The normalized spacial score (nSPS) is 29.1. The Balaban J connectivity index is 0.00000144. The third-order valence-electron chi connectivity index (χ3n) is 5.58. The highest BCUT2D eigenvalue weighted by Gasteiger charge is 2.34. The Morgan fingerprint density at radius 3 is 2.77 bits per heavy atom. The number of hydrogen-bond donors (Lipinski definition) is 1. The van der Waals surface area contributed by atoms with Crippen molar-refractivity contribution >= 4 is 12.4 Å². The van der Waals surface area contributed by atoms with Crippen LogP contribution in [-0.2, 0) is 12.8 Å². The first-order valence-corrected chi connectivity index (χ1v) is 8.49. The minimum atomic E-state index is 0. The number of piperidine rings is 1. The average Bonchev–Trinajstić information content (AvgIpc) is 3.10. The van der Waals surface area contributed by atoms with Crippen LogP contribution < -0.4 is 10.1 Å². The van der Waals surface area contributed by atoms with E-state index in [-0.39, 0.29) is 12.4 Å². The van der Waals surface area contributed by atoms with Crippen molar-refractivity contribution in [3.8, 4) is 5.75 Å². The Hall–Kier alpha value is -0.770. The van der Waals surface area contributed by atoms with Gasteiger partial charge in [-0.25, -0.2) is 0 Å². The zero-order valence-corrected chi connectivity index (χ0v) is 14.2. The van der Waals surface area contributed by atoms with Crippen LogP contribution in [0, 0.1) is 0 Å². The Kier molecular flexibility index (Phi) is 4.96. The summed E-state index contributed by atoms with van der Waals surface area (Å²) >= 11 is 0. The number of nitrogens with one attached hydrogen (secondary N) is 1. The van der Waals surface area contributed by atoms with Crippen LogP contribution >= 0.6 is 12.4 Å². The van der Waals surface area contributed by atoms with Crippen molar-refractivity contribution in [1.82, 2.24) is 10.2 Å². The van der Waals surface area contributed by atoms with E-state index in [1.54, 1.807) is 0 Å². The first-order chi connectivity index (χ1) is 10.3. The molecule has 4 rings (SSSR count). The van der Waals surface area contributed by atoms with E-state index in [0.717, 1.165) is 43.3 Å². The minimum absolute atomic E-state index is 0. The van der Waals surface area contributed by atoms with E-state index in [1.165, 1.54) is 43.4 Å². The van der Waals surface area contributed by atoms with Gasteiger partial charge in [-0.2, -0.15) is 0 Å². The maximum Gasteiger partial charge on any atom is 0.122 e. The molecule has 3 heterocycles. The summed E-state index contributed by atoms with van der Waals surface area (Å²) in [5.41, 5.74) is 2.86. The monoisotopic (exact) mass is 322 g/mol. The van der Waals surface area contributed by atoms with Gasteiger partial charge in [0.1, 0.15) is 5.75 Å². The Labute approximate surface area is 139 Å². The number of fused-ring (bicyclic) bond motifs is 3. The maximum absolute atomic E-state index is 5.59. The fourth-order valence-corrected chi connectivity index (χ4v) is 4.27. The molecule has 0 aromatic heterocycles. The predicted molar refractivity (Wildman–Crippen MR) is 92.2 cm³/mol. The SMILES string of the molecule is CN(CCc1ccc2c(c1)CCO2)C1CC2CCC(C1)N2.Cl. The van der Waals surface area contributed by atoms with E-state index in [0.29, 0.717) is 0 Å². The summed E-state index contributed by atoms with van der Waals surface area (Å²) in [6.07, 6.45) is 7.69. The minimum Gasteiger partial charge on any atom is -0.493 e. The van der Waals surface area contributed by atoms with Gasteiger partial charge in [0, 0.05) is 31.1 Å². The first kappa shape index (κ1) is 16.1. The second-order valence-corrected chi connectivity index (χ2v) is 7.03. The summed E-state index contributed by atoms with van der Waals surface area (Å²) in [4.78, 5) is 2.59. The summed E-state index contributed by atoms with van der Waals surface area (Å²) < 4.78 is 5.59. The number of halogens is 1. The number of nitrogens with zero attached hydrogens (tertiary/aromatic N) is 1. The molecule has 1 aromatic rings. The van der Waals surface area contributed by atoms with Crippen molar-refractivity contribution in [1.29, 1.82) is 0 Å². The Morgan fingerprint density at radius 1 is 1.23 bits per heavy atom. The lowest BCUT2D eigenvalue weighted by atomic mass is 9.98. The van der Waals surface area contributed by atoms with Crippen molar-refractivity contribution in [2.45, 2.75) is 56.7 Å². The van der Waals surface area contributed by atoms with Crippen molar-refractivity contribution in [3.63, 3.8) is 0 Å². The molecule has 0 radical (unpaired) electrons. The van der Waals surface area contributed by atoms with Gasteiger partial charge >= 0.3 is 0 Å². The molecule has 2 fully saturated rings. The molecular formula is C18H27ClN2O. The number of ether oxygens (including phenoxy) is 1. The summed E-state index contributed by atoms with van der Waals surface area (Å²) in [5, 5.41) is 3.74. The maximum atomic E-state index is 5.59. The van der Waals surface area contributed by atoms with Gasteiger partial charge in [0.05, 0.1) is 6.61 Å². The molecule has 1 N–H and O–H groups in total. The van der Waals surface area contributed by atoms with Crippen LogP contribution in [-0.4, -0.2) is 43.2 Å². The molecule has 4 heteroatoms. The van der Waals surface area contributed by atoms with Crippen LogP contribution in [0.25, 0.3) is 0 Å². The van der Waals surface area contributed by atoms with Gasteiger partial charge in [0.25, 0.3) is 0 Å². The zero-order valence-electron chi connectivity index (χ0n) is 13.4.